The number of rotatable bonds is 2. The first-order chi connectivity index (χ1) is 8.11. The summed E-state index contributed by atoms with van der Waals surface area (Å²) in [5.74, 6) is 0.691. The third-order valence-corrected chi connectivity index (χ3v) is 4.78. The SMILES string of the molecule is CCNC1CC(C)SCc2c(F)cc(Br)cc21. The summed E-state index contributed by atoms with van der Waals surface area (Å²) in [4.78, 5) is 0. The zero-order valence-corrected chi connectivity index (χ0v) is 12.5. The van der Waals surface area contributed by atoms with E-state index in [2.05, 4.69) is 41.2 Å². The molecule has 0 amide bonds. The summed E-state index contributed by atoms with van der Waals surface area (Å²) in [5, 5.41) is 4.02. The molecule has 1 aromatic carbocycles. The Balaban J connectivity index is 2.43. The van der Waals surface area contributed by atoms with E-state index in [4.69, 9.17) is 0 Å². The van der Waals surface area contributed by atoms with Crippen LogP contribution in [-0.2, 0) is 5.75 Å². The predicted molar refractivity (Wildman–Crippen MR) is 75.9 cm³/mol. The topological polar surface area (TPSA) is 12.0 Å². The number of thioether (sulfide) groups is 1. The van der Waals surface area contributed by atoms with Crippen LogP contribution >= 0.6 is 27.7 Å². The van der Waals surface area contributed by atoms with Crippen LogP contribution in [0.5, 0.6) is 0 Å². The van der Waals surface area contributed by atoms with Gasteiger partial charge in [-0.1, -0.05) is 29.8 Å². The molecule has 2 atom stereocenters. The molecule has 0 bridgehead atoms. The second kappa shape index (κ2) is 5.72. The van der Waals surface area contributed by atoms with Crippen molar-refractivity contribution >= 4 is 27.7 Å². The Labute approximate surface area is 115 Å². The van der Waals surface area contributed by atoms with E-state index in [-0.39, 0.29) is 11.9 Å². The van der Waals surface area contributed by atoms with Crippen molar-refractivity contribution in [3.63, 3.8) is 0 Å². The summed E-state index contributed by atoms with van der Waals surface area (Å²) >= 11 is 5.22. The number of hydrogen-bond donors (Lipinski definition) is 1. The molecule has 1 aromatic rings. The molecular formula is C13H17BrFNS. The Morgan fingerprint density at radius 1 is 1.53 bits per heavy atom. The zero-order valence-electron chi connectivity index (χ0n) is 10.1. The van der Waals surface area contributed by atoms with Crippen LogP contribution in [0.15, 0.2) is 16.6 Å². The Kier molecular flexibility index (Phi) is 4.50. The summed E-state index contributed by atoms with van der Waals surface area (Å²) in [6, 6.07) is 3.90. The van der Waals surface area contributed by atoms with E-state index in [9.17, 15) is 4.39 Å². The van der Waals surface area contributed by atoms with Gasteiger partial charge in [0.2, 0.25) is 0 Å². The Hall–Kier alpha value is -0.0600. The standard InChI is InChI=1S/C13H17BrFNS/c1-3-16-13-4-8(2)17-7-11-10(13)5-9(14)6-12(11)15/h5-6,8,13,16H,3-4,7H2,1-2H3. The molecule has 0 saturated carbocycles. The van der Waals surface area contributed by atoms with Crippen molar-refractivity contribution in [2.75, 3.05) is 6.54 Å². The highest BCUT2D eigenvalue weighted by molar-refractivity contribution is 9.10. The predicted octanol–water partition coefficient (Wildman–Crippen LogP) is 4.26. The van der Waals surface area contributed by atoms with Gasteiger partial charge in [-0.25, -0.2) is 4.39 Å². The first kappa shape index (κ1) is 13.4. The maximum absolute atomic E-state index is 14.0. The lowest BCUT2D eigenvalue weighted by molar-refractivity contribution is 0.510. The van der Waals surface area contributed by atoms with Crippen LogP contribution in [0.4, 0.5) is 4.39 Å². The second-order valence-corrected chi connectivity index (χ2v) is 6.77. The van der Waals surface area contributed by atoms with Crippen LogP contribution in [0.3, 0.4) is 0 Å². The average Bonchev–Trinajstić information content (AvgIpc) is 2.40. The van der Waals surface area contributed by atoms with Crippen LogP contribution in [0.1, 0.15) is 37.4 Å². The average molecular weight is 318 g/mol. The quantitative estimate of drug-likeness (QED) is 0.874. The maximum Gasteiger partial charge on any atom is 0.128 e. The van der Waals surface area contributed by atoms with Gasteiger partial charge in [0.25, 0.3) is 0 Å². The molecule has 4 heteroatoms. The molecule has 17 heavy (non-hydrogen) atoms. The molecule has 1 aliphatic heterocycles. The minimum absolute atomic E-state index is 0.0844. The highest BCUT2D eigenvalue weighted by Gasteiger charge is 2.24. The molecule has 1 heterocycles. The summed E-state index contributed by atoms with van der Waals surface area (Å²) in [6.45, 7) is 5.22. The Morgan fingerprint density at radius 2 is 2.29 bits per heavy atom. The number of hydrogen-bond acceptors (Lipinski definition) is 2. The second-order valence-electron chi connectivity index (χ2n) is 4.42. The third kappa shape index (κ3) is 3.04. The van der Waals surface area contributed by atoms with Gasteiger partial charge in [0.1, 0.15) is 5.82 Å². The summed E-state index contributed by atoms with van der Waals surface area (Å²) < 4.78 is 14.8. The third-order valence-electron chi connectivity index (χ3n) is 3.10. The van der Waals surface area contributed by atoms with Gasteiger partial charge in [-0.3, -0.25) is 0 Å². The van der Waals surface area contributed by atoms with E-state index in [1.165, 1.54) is 0 Å². The molecule has 1 N–H and O–H groups in total. The lowest BCUT2D eigenvalue weighted by Gasteiger charge is -2.20. The number of halogens is 2. The molecule has 2 rings (SSSR count). The molecule has 0 fully saturated rings. The van der Waals surface area contributed by atoms with Gasteiger partial charge in [-0.15, -0.1) is 0 Å². The van der Waals surface area contributed by atoms with E-state index in [0.717, 1.165) is 34.3 Å². The fourth-order valence-electron chi connectivity index (χ4n) is 2.28. The largest absolute Gasteiger partial charge is 0.310 e. The van der Waals surface area contributed by atoms with E-state index >= 15 is 0 Å². The van der Waals surface area contributed by atoms with E-state index in [1.807, 2.05) is 11.8 Å². The number of benzene rings is 1. The fourth-order valence-corrected chi connectivity index (χ4v) is 3.81. The van der Waals surface area contributed by atoms with E-state index in [0.29, 0.717) is 5.25 Å². The van der Waals surface area contributed by atoms with Crippen molar-refractivity contribution in [3.8, 4) is 0 Å². The van der Waals surface area contributed by atoms with Crippen LogP contribution in [0.25, 0.3) is 0 Å². The van der Waals surface area contributed by atoms with Gasteiger partial charge in [-0.05, 0) is 30.7 Å². The van der Waals surface area contributed by atoms with Gasteiger partial charge in [0.15, 0.2) is 0 Å². The highest BCUT2D eigenvalue weighted by atomic mass is 79.9. The fraction of sp³-hybridized carbons (Fsp3) is 0.538. The zero-order chi connectivity index (χ0) is 12.4. The van der Waals surface area contributed by atoms with Crippen LogP contribution < -0.4 is 5.32 Å². The molecule has 0 radical (unpaired) electrons. The minimum Gasteiger partial charge on any atom is -0.310 e. The Morgan fingerprint density at radius 3 is 3.00 bits per heavy atom. The van der Waals surface area contributed by atoms with Gasteiger partial charge in [0, 0.05) is 27.1 Å². The summed E-state index contributed by atoms with van der Waals surface area (Å²) in [7, 11) is 0. The molecule has 94 valence electrons. The van der Waals surface area contributed by atoms with Gasteiger partial charge < -0.3 is 5.32 Å². The van der Waals surface area contributed by atoms with E-state index < -0.39 is 0 Å². The maximum atomic E-state index is 14.0. The van der Waals surface area contributed by atoms with Gasteiger partial charge in [0.05, 0.1) is 0 Å². The van der Waals surface area contributed by atoms with Crippen molar-refractivity contribution in [2.45, 2.75) is 37.3 Å². The lowest BCUT2D eigenvalue weighted by Crippen LogP contribution is -2.23. The smallest absolute Gasteiger partial charge is 0.128 e. The molecule has 0 aromatic heterocycles. The van der Waals surface area contributed by atoms with Crippen LogP contribution in [0, 0.1) is 5.82 Å². The van der Waals surface area contributed by atoms with Crippen LogP contribution in [-0.4, -0.2) is 11.8 Å². The Bertz CT molecular complexity index is 411. The minimum atomic E-state index is -0.0844. The highest BCUT2D eigenvalue weighted by Crippen LogP contribution is 2.37. The molecule has 2 unspecified atom stereocenters. The van der Waals surface area contributed by atoms with Crippen LogP contribution in [0.2, 0.25) is 0 Å². The van der Waals surface area contributed by atoms with Crippen molar-refractivity contribution in [2.24, 2.45) is 0 Å². The lowest BCUT2D eigenvalue weighted by atomic mass is 9.97. The number of fused-ring (bicyclic) bond motifs is 1. The van der Waals surface area contributed by atoms with Crippen molar-refractivity contribution in [1.29, 1.82) is 0 Å². The first-order valence-electron chi connectivity index (χ1n) is 5.94. The molecule has 0 saturated heterocycles. The summed E-state index contributed by atoms with van der Waals surface area (Å²) in [6.07, 6.45) is 1.06. The van der Waals surface area contributed by atoms with Gasteiger partial charge in [-0.2, -0.15) is 11.8 Å². The normalized spacial score (nSPS) is 24.2. The molecule has 1 aliphatic rings. The van der Waals surface area contributed by atoms with E-state index in [1.54, 1.807) is 6.07 Å². The van der Waals surface area contributed by atoms with Crippen molar-refractivity contribution in [1.82, 2.24) is 5.32 Å². The molecular weight excluding hydrogens is 301 g/mol. The molecule has 0 spiro atoms. The molecule has 0 aliphatic carbocycles. The summed E-state index contributed by atoms with van der Waals surface area (Å²) in [5.41, 5.74) is 1.99. The van der Waals surface area contributed by atoms with Crippen molar-refractivity contribution < 1.29 is 4.39 Å². The van der Waals surface area contributed by atoms with Crippen molar-refractivity contribution in [3.05, 3.63) is 33.5 Å². The van der Waals surface area contributed by atoms with Gasteiger partial charge >= 0.3 is 0 Å². The monoisotopic (exact) mass is 317 g/mol. The molecule has 1 nitrogen and oxygen atoms in total. The first-order valence-corrected chi connectivity index (χ1v) is 7.78. The number of nitrogens with one attached hydrogen (secondary N) is 1.